The summed E-state index contributed by atoms with van der Waals surface area (Å²) in [4.78, 5) is 73.3. The van der Waals surface area contributed by atoms with Gasteiger partial charge in [0.25, 0.3) is 5.91 Å². The monoisotopic (exact) mass is 636 g/mol. The zero-order chi connectivity index (χ0) is 32.3. The van der Waals surface area contributed by atoms with E-state index in [1.165, 1.54) is 0 Å². The molecule has 3 unspecified atom stereocenters. The van der Waals surface area contributed by atoms with E-state index in [9.17, 15) is 28.8 Å². The summed E-state index contributed by atoms with van der Waals surface area (Å²) in [5.41, 5.74) is 2.52. The first-order valence-electron chi connectivity index (χ1n) is 12.9. The van der Waals surface area contributed by atoms with E-state index in [4.69, 9.17) is 35.9 Å². The minimum Gasteiger partial charge on any atom is -0.462 e. The van der Waals surface area contributed by atoms with Crippen molar-refractivity contribution in [3.63, 3.8) is 0 Å². The molecule has 1 aromatic heterocycles. The molecule has 0 saturated carbocycles. The summed E-state index contributed by atoms with van der Waals surface area (Å²) in [5, 5.41) is 6.79. The molecular weight excluding hydrogens is 604 g/mol. The summed E-state index contributed by atoms with van der Waals surface area (Å²) in [6.45, 7) is 7.21. The van der Waals surface area contributed by atoms with Crippen molar-refractivity contribution in [1.29, 1.82) is 0 Å². The van der Waals surface area contributed by atoms with Gasteiger partial charge in [0.2, 0.25) is 6.10 Å². The molecule has 3 atom stereocenters. The molecule has 0 spiro atoms. The Morgan fingerprint density at radius 1 is 0.860 bits per heavy atom. The zero-order valence-corrected chi connectivity index (χ0v) is 26.0. The molecule has 1 amide bonds. The van der Waals surface area contributed by atoms with Gasteiger partial charge < -0.3 is 29.0 Å². The Labute approximate surface area is 257 Å². The number of thiophene rings is 1. The van der Waals surface area contributed by atoms with Crippen LogP contribution in [0.1, 0.15) is 50.5 Å². The molecule has 2 rings (SSSR count). The zero-order valence-electron chi connectivity index (χ0n) is 24.3. The van der Waals surface area contributed by atoms with Crippen molar-refractivity contribution in [3.05, 3.63) is 40.8 Å². The van der Waals surface area contributed by atoms with E-state index >= 15 is 0 Å². The summed E-state index contributed by atoms with van der Waals surface area (Å²) >= 11 is 6.43. The van der Waals surface area contributed by atoms with Crippen LogP contribution in [-0.2, 0) is 47.7 Å². The largest absolute Gasteiger partial charge is 0.462 e. The Kier molecular flexibility index (Phi) is 13.2. The third-order valence-corrected chi connectivity index (χ3v) is 6.48. The van der Waals surface area contributed by atoms with Gasteiger partial charge in [0.05, 0.1) is 6.61 Å². The topological polar surface area (TPSA) is 173 Å². The highest BCUT2D eigenvalue weighted by molar-refractivity contribution is 7.80. The second-order valence-electron chi connectivity index (χ2n) is 8.94. The molecule has 0 radical (unpaired) electrons. The van der Waals surface area contributed by atoms with Crippen molar-refractivity contribution in [1.82, 2.24) is 5.32 Å². The van der Waals surface area contributed by atoms with Crippen molar-refractivity contribution in [3.8, 4) is 11.1 Å². The number of nitrogens with one attached hydrogen (secondary N) is 2. The fraction of sp³-hybridized carbons (Fsp3) is 0.393. The number of benzene rings is 1. The SMILES string of the molecule is CCOC(=O)c1c(-c2ccc(C)cc2)csc1NC(=S)NC(=O)C(OC(C)=O)C(OC(C)=O)C(COC(C)=O)OC(C)=O. The van der Waals surface area contributed by atoms with E-state index in [-0.39, 0.29) is 22.3 Å². The summed E-state index contributed by atoms with van der Waals surface area (Å²) in [5.74, 6) is -5.18. The van der Waals surface area contributed by atoms with Gasteiger partial charge in [-0.2, -0.15) is 0 Å². The molecule has 1 heterocycles. The second-order valence-corrected chi connectivity index (χ2v) is 10.2. The number of carbonyl (C=O) groups excluding carboxylic acids is 6. The normalized spacial score (nSPS) is 12.5. The molecule has 13 nitrogen and oxygen atoms in total. The minimum absolute atomic E-state index is 0.112. The lowest BCUT2D eigenvalue weighted by atomic mass is 10.0. The lowest BCUT2D eigenvalue weighted by Crippen LogP contribution is -2.55. The first kappa shape index (κ1) is 34.8. The quantitative estimate of drug-likeness (QED) is 0.198. The summed E-state index contributed by atoms with van der Waals surface area (Å²) in [6.07, 6.45) is -5.18. The maximum Gasteiger partial charge on any atom is 0.341 e. The first-order chi connectivity index (χ1) is 20.2. The summed E-state index contributed by atoms with van der Waals surface area (Å²) < 4.78 is 25.6. The molecule has 0 fully saturated rings. The van der Waals surface area contributed by atoms with Gasteiger partial charge in [-0.05, 0) is 31.6 Å². The molecule has 0 aliphatic rings. The number of esters is 5. The molecule has 0 saturated heterocycles. The van der Waals surface area contributed by atoms with Crippen LogP contribution in [0, 0.1) is 6.92 Å². The van der Waals surface area contributed by atoms with Gasteiger partial charge in [-0.1, -0.05) is 29.8 Å². The van der Waals surface area contributed by atoms with Crippen LogP contribution in [-0.4, -0.2) is 72.4 Å². The highest BCUT2D eigenvalue weighted by atomic mass is 32.1. The third-order valence-electron chi connectivity index (χ3n) is 5.38. The number of aryl methyl sites for hydroxylation is 1. The maximum atomic E-state index is 13.4. The highest BCUT2D eigenvalue weighted by Gasteiger charge is 2.42. The standard InChI is InChI=1S/C28H32N2O11S2/c1-7-37-27(36)22-20(19-10-8-14(2)9-11-19)13-43-26(22)30-28(42)29-25(35)24(41-18(6)34)23(40-17(5)33)21(39-16(4)32)12-38-15(3)31/h8-11,13,21,23-24H,7,12H2,1-6H3,(H2,29,30,35,42). The molecule has 1 aromatic carbocycles. The highest BCUT2D eigenvalue weighted by Crippen LogP contribution is 2.36. The molecule has 232 valence electrons. The van der Waals surface area contributed by atoms with Crippen LogP contribution >= 0.6 is 23.6 Å². The predicted molar refractivity (Wildman–Crippen MR) is 158 cm³/mol. The third kappa shape index (κ3) is 10.8. The molecule has 0 bridgehead atoms. The van der Waals surface area contributed by atoms with Crippen molar-refractivity contribution >= 4 is 69.4 Å². The number of hydrogen-bond acceptors (Lipinski definition) is 13. The average Bonchev–Trinajstić information content (AvgIpc) is 3.31. The van der Waals surface area contributed by atoms with Crippen LogP contribution in [0.5, 0.6) is 0 Å². The molecule has 2 aromatic rings. The van der Waals surface area contributed by atoms with Crippen LogP contribution in [0.3, 0.4) is 0 Å². The van der Waals surface area contributed by atoms with Crippen molar-refractivity contribution in [2.75, 3.05) is 18.5 Å². The van der Waals surface area contributed by atoms with Gasteiger partial charge in [0.1, 0.15) is 17.2 Å². The minimum atomic E-state index is -1.91. The van der Waals surface area contributed by atoms with Gasteiger partial charge in [-0.3, -0.25) is 29.3 Å². The molecule has 15 heteroatoms. The smallest absolute Gasteiger partial charge is 0.341 e. The lowest BCUT2D eigenvalue weighted by Gasteiger charge is -2.30. The lowest BCUT2D eigenvalue weighted by molar-refractivity contribution is -0.190. The molecule has 0 aliphatic carbocycles. The molecule has 43 heavy (non-hydrogen) atoms. The number of amides is 1. The van der Waals surface area contributed by atoms with Crippen LogP contribution in [0.4, 0.5) is 5.00 Å². The Hall–Kier alpha value is -4.37. The fourth-order valence-corrected chi connectivity index (χ4v) is 4.93. The maximum absolute atomic E-state index is 13.4. The van der Waals surface area contributed by atoms with Crippen LogP contribution in [0.15, 0.2) is 29.6 Å². The number of carbonyl (C=O) groups is 6. The van der Waals surface area contributed by atoms with Crippen LogP contribution < -0.4 is 10.6 Å². The second kappa shape index (κ2) is 16.3. The van der Waals surface area contributed by atoms with Gasteiger partial charge in [-0.15, -0.1) is 11.3 Å². The predicted octanol–water partition coefficient (Wildman–Crippen LogP) is 3.07. The van der Waals surface area contributed by atoms with Crippen molar-refractivity contribution < 1.29 is 52.5 Å². The van der Waals surface area contributed by atoms with E-state index in [0.717, 1.165) is 50.2 Å². The fourth-order valence-electron chi connectivity index (χ4n) is 3.70. The average molecular weight is 637 g/mol. The summed E-state index contributed by atoms with van der Waals surface area (Å²) in [6, 6.07) is 7.47. The summed E-state index contributed by atoms with van der Waals surface area (Å²) in [7, 11) is 0. The Morgan fingerprint density at radius 3 is 2.00 bits per heavy atom. The molecular formula is C28H32N2O11S2. The van der Waals surface area contributed by atoms with E-state index in [2.05, 4.69) is 10.6 Å². The molecule has 2 N–H and O–H groups in total. The number of thiocarbonyl (C=S) groups is 1. The van der Waals surface area contributed by atoms with Gasteiger partial charge in [0.15, 0.2) is 17.3 Å². The van der Waals surface area contributed by atoms with E-state index in [1.807, 2.05) is 31.2 Å². The van der Waals surface area contributed by atoms with E-state index in [1.54, 1.807) is 12.3 Å². The Balaban J connectivity index is 2.40. The number of hydrogen-bond donors (Lipinski definition) is 2. The molecule has 0 aliphatic heterocycles. The Morgan fingerprint density at radius 2 is 1.47 bits per heavy atom. The van der Waals surface area contributed by atoms with Crippen molar-refractivity contribution in [2.45, 2.75) is 59.9 Å². The van der Waals surface area contributed by atoms with Crippen molar-refractivity contribution in [2.24, 2.45) is 0 Å². The number of anilines is 1. The van der Waals surface area contributed by atoms with Gasteiger partial charge in [0, 0.05) is 38.6 Å². The number of rotatable bonds is 12. The van der Waals surface area contributed by atoms with Crippen LogP contribution in [0.2, 0.25) is 0 Å². The van der Waals surface area contributed by atoms with Gasteiger partial charge in [-0.25, -0.2) is 4.79 Å². The Bertz CT molecular complexity index is 1370. The first-order valence-corrected chi connectivity index (χ1v) is 14.1. The van der Waals surface area contributed by atoms with Gasteiger partial charge >= 0.3 is 29.8 Å². The van der Waals surface area contributed by atoms with Crippen LogP contribution in [0.25, 0.3) is 11.1 Å². The number of ether oxygens (including phenoxy) is 5. The van der Waals surface area contributed by atoms with E-state index < -0.39 is 60.7 Å². The van der Waals surface area contributed by atoms with E-state index in [0.29, 0.717) is 5.56 Å².